The van der Waals surface area contributed by atoms with Gasteiger partial charge in [-0.2, -0.15) is 0 Å². The Kier molecular flexibility index (Phi) is 31.9. The predicted octanol–water partition coefficient (Wildman–Crippen LogP) is 2.58. The third-order valence-electron chi connectivity index (χ3n) is 0.957. The molecule has 0 atom stereocenters. The van der Waals surface area contributed by atoms with E-state index in [0.29, 0.717) is 0 Å². The zero-order valence-corrected chi connectivity index (χ0v) is 11.5. The summed E-state index contributed by atoms with van der Waals surface area (Å²) in [6.07, 6.45) is 5.54. The molecule has 0 radical (unpaired) electrons. The van der Waals surface area contributed by atoms with Crippen LogP contribution in [0.15, 0.2) is 0 Å². The number of unbranched alkanes of at least 4 members (excludes halogenated alkanes) is 3. The van der Waals surface area contributed by atoms with Crippen LogP contribution >= 0.6 is 0 Å². The van der Waals surface area contributed by atoms with Gasteiger partial charge in [-0.15, -0.1) is 0 Å². The molecule has 0 aromatic heterocycles. The Morgan fingerprint density at radius 3 is 1.12 bits per heavy atom. The van der Waals surface area contributed by atoms with E-state index >= 15 is 0 Å². The van der Waals surface area contributed by atoms with Crippen molar-refractivity contribution in [1.29, 1.82) is 0 Å². The molecule has 0 rings (SSSR count). The van der Waals surface area contributed by atoms with Gasteiger partial charge in [-0.3, -0.25) is 0 Å². The predicted molar refractivity (Wildman–Crippen MR) is 29.8 cm³/mol. The van der Waals surface area contributed by atoms with Gasteiger partial charge in [0.2, 0.25) is 0 Å². The van der Waals surface area contributed by atoms with E-state index in [4.69, 9.17) is 0 Å². The third kappa shape index (κ3) is 15.7. The second-order valence-electron chi connectivity index (χ2n) is 1.71. The van der Waals surface area contributed by atoms with E-state index < -0.39 is 0 Å². The second kappa shape index (κ2) is 15.8. The summed E-state index contributed by atoms with van der Waals surface area (Å²) in [5.41, 5.74) is 0. The summed E-state index contributed by atoms with van der Waals surface area (Å²) in [7, 11) is 0. The van der Waals surface area contributed by atoms with E-state index in [0.717, 1.165) is 0 Å². The van der Waals surface area contributed by atoms with Crippen molar-refractivity contribution in [1.82, 2.24) is 0 Å². The van der Waals surface area contributed by atoms with Crippen molar-refractivity contribution in [2.24, 2.45) is 0 Å². The molecule has 0 unspecified atom stereocenters. The van der Waals surface area contributed by atoms with Crippen LogP contribution in [0.2, 0.25) is 0 Å². The molecule has 0 saturated heterocycles. The largest absolute Gasteiger partial charge is 0.0654 e. The van der Waals surface area contributed by atoms with Crippen LogP contribution < -0.4 is 0 Å². The van der Waals surface area contributed by atoms with E-state index in [1.807, 2.05) is 0 Å². The molecule has 0 amide bonds. The van der Waals surface area contributed by atoms with Crippen molar-refractivity contribution < 1.29 is 42.1 Å². The van der Waals surface area contributed by atoms with Crippen molar-refractivity contribution in [3.8, 4) is 0 Å². The van der Waals surface area contributed by atoms with Gasteiger partial charge in [0.1, 0.15) is 0 Å². The Morgan fingerprint density at radius 2 is 1.00 bits per heavy atom. The fourth-order valence-corrected chi connectivity index (χ4v) is 0.500. The first-order chi connectivity index (χ1) is 2.91. The Labute approximate surface area is 81.3 Å². The van der Waals surface area contributed by atoms with E-state index in [1.165, 1.54) is 25.7 Å². The summed E-state index contributed by atoms with van der Waals surface area (Å²) < 4.78 is 0. The standard InChI is InChI=1S/C6H14.2W/c1-3-5-6-4-2;;/h3-6H2,1-2H3;;. The summed E-state index contributed by atoms with van der Waals surface area (Å²) in [6.45, 7) is 4.46. The second-order valence-corrected chi connectivity index (χ2v) is 1.71. The van der Waals surface area contributed by atoms with Gasteiger partial charge >= 0.3 is 0 Å². The maximum Gasteiger partial charge on any atom is 0 e. The molecule has 0 spiro atoms. The smallest absolute Gasteiger partial charge is 0 e. The Bertz CT molecular complexity index is 18.5. The monoisotopic (exact) mass is 454 g/mol. The number of hydrogen-bond acceptors (Lipinski definition) is 0. The molecular formula is C6H14W2. The molecule has 0 fully saturated rings. The minimum absolute atomic E-state index is 0. The van der Waals surface area contributed by atoms with Crippen LogP contribution in [0.1, 0.15) is 39.5 Å². The minimum atomic E-state index is 0. The summed E-state index contributed by atoms with van der Waals surface area (Å²) in [6, 6.07) is 0. The van der Waals surface area contributed by atoms with Crippen molar-refractivity contribution in [2.45, 2.75) is 39.5 Å². The quantitative estimate of drug-likeness (QED) is 0.576. The first-order valence-corrected chi connectivity index (χ1v) is 2.91. The zero-order valence-electron chi connectivity index (χ0n) is 5.64. The average molecular weight is 454 g/mol. The van der Waals surface area contributed by atoms with E-state index in [2.05, 4.69) is 13.8 Å². The van der Waals surface area contributed by atoms with Crippen molar-refractivity contribution >= 4 is 0 Å². The van der Waals surface area contributed by atoms with Crippen LogP contribution in [-0.2, 0) is 42.1 Å². The van der Waals surface area contributed by atoms with E-state index in [9.17, 15) is 0 Å². The number of rotatable bonds is 3. The molecular weight excluding hydrogens is 440 g/mol. The summed E-state index contributed by atoms with van der Waals surface area (Å²) in [5, 5.41) is 0. The minimum Gasteiger partial charge on any atom is -0.0654 e. The van der Waals surface area contributed by atoms with Crippen LogP contribution in [-0.4, -0.2) is 0 Å². The summed E-state index contributed by atoms with van der Waals surface area (Å²) in [4.78, 5) is 0. The molecule has 0 aromatic carbocycles. The van der Waals surface area contributed by atoms with Crippen LogP contribution in [0.4, 0.5) is 0 Å². The molecule has 0 aliphatic rings. The van der Waals surface area contributed by atoms with Crippen molar-refractivity contribution in [3.05, 3.63) is 0 Å². The molecule has 8 heavy (non-hydrogen) atoms. The van der Waals surface area contributed by atoms with Crippen LogP contribution in [0.3, 0.4) is 0 Å². The first-order valence-electron chi connectivity index (χ1n) is 2.91. The van der Waals surface area contributed by atoms with Gasteiger partial charge in [-0.25, -0.2) is 0 Å². The molecule has 0 N–H and O–H groups in total. The SMILES string of the molecule is CCCCCC.[W].[W]. The maximum atomic E-state index is 2.23. The summed E-state index contributed by atoms with van der Waals surface area (Å²) >= 11 is 0. The van der Waals surface area contributed by atoms with Gasteiger partial charge in [-0.1, -0.05) is 39.5 Å². The maximum absolute atomic E-state index is 2.23. The Balaban J connectivity index is -0.000000125. The molecule has 2 heteroatoms. The normalized spacial score (nSPS) is 6.75. The third-order valence-corrected chi connectivity index (χ3v) is 0.957. The van der Waals surface area contributed by atoms with E-state index in [1.54, 1.807) is 0 Å². The van der Waals surface area contributed by atoms with Gasteiger partial charge in [0.15, 0.2) is 0 Å². The Morgan fingerprint density at radius 1 is 0.750 bits per heavy atom. The fraction of sp³-hybridized carbons (Fsp3) is 1.00. The number of hydrogen-bond donors (Lipinski definition) is 0. The topological polar surface area (TPSA) is 0 Å². The van der Waals surface area contributed by atoms with Gasteiger partial charge in [0, 0.05) is 42.1 Å². The van der Waals surface area contributed by atoms with Gasteiger partial charge in [-0.05, 0) is 0 Å². The van der Waals surface area contributed by atoms with Gasteiger partial charge < -0.3 is 0 Å². The van der Waals surface area contributed by atoms with Crippen LogP contribution in [0, 0.1) is 0 Å². The average Bonchev–Trinajstić information content (AvgIpc) is 1.61. The van der Waals surface area contributed by atoms with Crippen LogP contribution in [0.25, 0.3) is 0 Å². The van der Waals surface area contributed by atoms with Gasteiger partial charge in [0.05, 0.1) is 0 Å². The molecule has 0 aliphatic heterocycles. The van der Waals surface area contributed by atoms with Gasteiger partial charge in [0.25, 0.3) is 0 Å². The van der Waals surface area contributed by atoms with Crippen molar-refractivity contribution in [3.63, 3.8) is 0 Å². The Hall–Kier alpha value is 1.38. The summed E-state index contributed by atoms with van der Waals surface area (Å²) in [5.74, 6) is 0. The zero-order chi connectivity index (χ0) is 4.83. The molecule has 0 nitrogen and oxygen atoms in total. The molecule has 0 aromatic rings. The van der Waals surface area contributed by atoms with Crippen molar-refractivity contribution in [2.75, 3.05) is 0 Å². The molecule has 0 heterocycles. The molecule has 50 valence electrons. The first kappa shape index (κ1) is 16.2. The molecule has 0 bridgehead atoms. The molecule has 0 saturated carbocycles. The molecule has 0 aliphatic carbocycles. The van der Waals surface area contributed by atoms with Crippen LogP contribution in [0.5, 0.6) is 0 Å². The fourth-order valence-electron chi connectivity index (χ4n) is 0.500. The van der Waals surface area contributed by atoms with E-state index in [-0.39, 0.29) is 42.1 Å².